The molecule has 1 rings (SSSR count). The number of amides is 1. The molecule has 0 radical (unpaired) electrons. The highest BCUT2D eigenvalue weighted by Crippen LogP contribution is 2.27. The molecule has 0 saturated carbocycles. The molecule has 1 amide bonds. The van der Waals surface area contributed by atoms with Crippen LogP contribution >= 0.6 is 0 Å². The fourth-order valence-electron chi connectivity index (χ4n) is 1.51. The molecular weight excluding hydrogens is 284 g/mol. The predicted octanol–water partition coefficient (Wildman–Crippen LogP) is 0.313. The van der Waals surface area contributed by atoms with E-state index in [4.69, 9.17) is 9.84 Å². The van der Waals surface area contributed by atoms with Crippen molar-refractivity contribution in [2.45, 2.75) is 24.8 Å². The molecule has 0 aliphatic carbocycles. The highest BCUT2D eigenvalue weighted by Gasteiger charge is 2.19. The minimum Gasteiger partial charge on any atom is -0.495 e. The molecule has 112 valence electrons. The van der Waals surface area contributed by atoms with Crippen molar-refractivity contribution in [3.63, 3.8) is 0 Å². The topological polar surface area (TPSA) is 105 Å². The maximum atomic E-state index is 12.1. The van der Waals surface area contributed by atoms with E-state index >= 15 is 0 Å². The van der Waals surface area contributed by atoms with Crippen LogP contribution in [-0.2, 0) is 14.8 Å². The van der Waals surface area contributed by atoms with Crippen molar-refractivity contribution in [1.29, 1.82) is 0 Å². The van der Waals surface area contributed by atoms with Gasteiger partial charge in [0.1, 0.15) is 5.75 Å². The molecular formula is C12H18N2O5S. The number of benzene rings is 1. The van der Waals surface area contributed by atoms with Gasteiger partial charge in [-0.1, -0.05) is 0 Å². The number of hydrogen-bond acceptors (Lipinski definition) is 5. The lowest BCUT2D eigenvalue weighted by Gasteiger charge is -2.14. The van der Waals surface area contributed by atoms with Crippen LogP contribution in [0.5, 0.6) is 5.75 Å². The molecule has 0 bridgehead atoms. The quantitative estimate of drug-likeness (QED) is 0.701. The smallest absolute Gasteiger partial charge is 0.240 e. The zero-order valence-corrected chi connectivity index (χ0v) is 12.3. The van der Waals surface area contributed by atoms with Crippen LogP contribution < -0.4 is 14.8 Å². The van der Waals surface area contributed by atoms with Crippen molar-refractivity contribution in [3.05, 3.63) is 18.2 Å². The molecule has 0 aromatic heterocycles. The molecule has 1 atom stereocenters. The van der Waals surface area contributed by atoms with Crippen LogP contribution in [-0.4, -0.2) is 39.2 Å². The lowest BCUT2D eigenvalue weighted by molar-refractivity contribution is -0.114. The normalized spacial score (nSPS) is 12.8. The van der Waals surface area contributed by atoms with E-state index < -0.39 is 16.1 Å². The first kappa shape index (κ1) is 16.4. The highest BCUT2D eigenvalue weighted by atomic mass is 32.2. The third-order valence-corrected chi connectivity index (χ3v) is 4.01. The minimum atomic E-state index is -3.77. The van der Waals surface area contributed by atoms with Gasteiger partial charge >= 0.3 is 0 Å². The Kier molecular flexibility index (Phi) is 5.49. The van der Waals surface area contributed by atoms with E-state index in [0.29, 0.717) is 5.75 Å². The first-order chi connectivity index (χ1) is 9.30. The van der Waals surface area contributed by atoms with Gasteiger partial charge in [-0.3, -0.25) is 4.79 Å². The van der Waals surface area contributed by atoms with E-state index in [-0.39, 0.29) is 23.1 Å². The maximum absolute atomic E-state index is 12.1. The van der Waals surface area contributed by atoms with Crippen molar-refractivity contribution in [3.8, 4) is 5.75 Å². The second-order valence-electron chi connectivity index (χ2n) is 4.25. The van der Waals surface area contributed by atoms with Crippen LogP contribution in [0.1, 0.15) is 13.8 Å². The van der Waals surface area contributed by atoms with E-state index in [0.717, 1.165) is 0 Å². The number of ether oxygens (including phenoxy) is 1. The van der Waals surface area contributed by atoms with Crippen LogP contribution in [0.2, 0.25) is 0 Å². The summed E-state index contributed by atoms with van der Waals surface area (Å²) in [5.41, 5.74) is 0.263. The van der Waals surface area contributed by atoms with Gasteiger partial charge in [-0.2, -0.15) is 0 Å². The summed E-state index contributed by atoms with van der Waals surface area (Å²) in [5, 5.41) is 11.4. The van der Waals surface area contributed by atoms with Gasteiger partial charge in [-0.25, -0.2) is 13.1 Å². The van der Waals surface area contributed by atoms with Gasteiger partial charge in [0, 0.05) is 13.0 Å². The molecule has 0 aliphatic rings. The molecule has 1 aromatic rings. The lowest BCUT2D eigenvalue weighted by atomic mass is 10.3. The maximum Gasteiger partial charge on any atom is 0.240 e. The van der Waals surface area contributed by atoms with Gasteiger partial charge in [-0.15, -0.1) is 0 Å². The van der Waals surface area contributed by atoms with E-state index in [2.05, 4.69) is 10.0 Å². The average molecular weight is 302 g/mol. The Morgan fingerprint density at radius 1 is 1.45 bits per heavy atom. The number of methoxy groups -OCH3 is 1. The van der Waals surface area contributed by atoms with Crippen LogP contribution in [0.15, 0.2) is 23.1 Å². The van der Waals surface area contributed by atoms with Crippen molar-refractivity contribution in [2.75, 3.05) is 19.0 Å². The van der Waals surface area contributed by atoms with Crippen molar-refractivity contribution < 1.29 is 23.1 Å². The summed E-state index contributed by atoms with van der Waals surface area (Å²) in [5.74, 6) is 0.0175. The summed E-state index contributed by atoms with van der Waals surface area (Å²) in [6.45, 7) is 2.54. The molecule has 0 aliphatic heterocycles. The van der Waals surface area contributed by atoms with Gasteiger partial charge in [0.15, 0.2) is 0 Å². The average Bonchev–Trinajstić information content (AvgIpc) is 2.37. The van der Waals surface area contributed by atoms with Crippen molar-refractivity contribution >= 4 is 21.6 Å². The SMILES string of the molecule is COc1ccc(S(=O)(=O)N[C@H](C)CO)cc1NC(C)=O. The number of carbonyl (C=O) groups is 1. The van der Waals surface area contributed by atoms with Gasteiger partial charge in [-0.05, 0) is 25.1 Å². The molecule has 0 saturated heterocycles. The van der Waals surface area contributed by atoms with Crippen LogP contribution in [0.3, 0.4) is 0 Å². The zero-order chi connectivity index (χ0) is 15.3. The summed E-state index contributed by atoms with van der Waals surface area (Å²) in [6, 6.07) is 3.50. The number of rotatable bonds is 6. The highest BCUT2D eigenvalue weighted by molar-refractivity contribution is 7.89. The molecule has 1 aromatic carbocycles. The van der Waals surface area contributed by atoms with Gasteiger partial charge in [0.05, 0.1) is 24.3 Å². The Labute approximate surface area is 118 Å². The third-order valence-electron chi connectivity index (χ3n) is 2.42. The minimum absolute atomic E-state index is 0.0256. The number of hydrogen-bond donors (Lipinski definition) is 3. The summed E-state index contributed by atoms with van der Waals surface area (Å²) >= 11 is 0. The molecule has 0 spiro atoms. The number of nitrogens with one attached hydrogen (secondary N) is 2. The largest absolute Gasteiger partial charge is 0.495 e. The van der Waals surface area contributed by atoms with Crippen LogP contribution in [0.25, 0.3) is 0 Å². The Hall–Kier alpha value is -1.64. The van der Waals surface area contributed by atoms with Gasteiger partial charge < -0.3 is 15.2 Å². The third kappa shape index (κ3) is 4.19. The fraction of sp³-hybridized carbons (Fsp3) is 0.417. The Balaban J connectivity index is 3.16. The molecule has 8 heteroatoms. The lowest BCUT2D eigenvalue weighted by Crippen LogP contribution is -2.35. The number of aliphatic hydroxyl groups is 1. The fourth-order valence-corrected chi connectivity index (χ4v) is 2.77. The Morgan fingerprint density at radius 2 is 2.10 bits per heavy atom. The molecule has 0 fully saturated rings. The molecule has 3 N–H and O–H groups in total. The van der Waals surface area contributed by atoms with Crippen LogP contribution in [0.4, 0.5) is 5.69 Å². The Bertz CT molecular complexity index is 586. The standard InChI is InChI=1S/C12H18N2O5S/c1-8(7-15)14-20(17,18)10-4-5-12(19-3)11(6-10)13-9(2)16/h4-6,8,14-15H,7H2,1-3H3,(H,13,16)/t8-/m1/s1. The number of sulfonamides is 1. The number of carbonyl (C=O) groups excluding carboxylic acids is 1. The van der Waals surface area contributed by atoms with Crippen molar-refractivity contribution in [1.82, 2.24) is 4.72 Å². The summed E-state index contributed by atoms with van der Waals surface area (Å²) in [6.07, 6.45) is 0. The van der Waals surface area contributed by atoms with Crippen molar-refractivity contribution in [2.24, 2.45) is 0 Å². The predicted molar refractivity (Wildman–Crippen MR) is 74.2 cm³/mol. The molecule has 7 nitrogen and oxygen atoms in total. The first-order valence-electron chi connectivity index (χ1n) is 5.89. The van der Waals surface area contributed by atoms with Gasteiger partial charge in [0.2, 0.25) is 15.9 Å². The zero-order valence-electron chi connectivity index (χ0n) is 11.5. The van der Waals surface area contributed by atoms with E-state index in [1.54, 1.807) is 0 Å². The summed E-state index contributed by atoms with van der Waals surface area (Å²) in [7, 11) is -2.35. The second kappa shape index (κ2) is 6.69. The van der Waals surface area contributed by atoms with Crippen LogP contribution in [0, 0.1) is 0 Å². The number of aliphatic hydroxyl groups excluding tert-OH is 1. The molecule has 0 unspecified atom stereocenters. The first-order valence-corrected chi connectivity index (χ1v) is 7.37. The molecule has 0 heterocycles. The number of anilines is 1. The summed E-state index contributed by atoms with van der Waals surface area (Å²) in [4.78, 5) is 11.1. The monoisotopic (exact) mass is 302 g/mol. The Morgan fingerprint density at radius 3 is 2.60 bits per heavy atom. The second-order valence-corrected chi connectivity index (χ2v) is 5.96. The van der Waals surface area contributed by atoms with E-state index in [9.17, 15) is 13.2 Å². The van der Waals surface area contributed by atoms with E-state index in [1.165, 1.54) is 39.2 Å². The summed E-state index contributed by atoms with van der Waals surface area (Å²) < 4.78 is 31.5. The van der Waals surface area contributed by atoms with Gasteiger partial charge in [0.25, 0.3) is 0 Å². The molecule has 20 heavy (non-hydrogen) atoms. The van der Waals surface area contributed by atoms with E-state index in [1.807, 2.05) is 0 Å².